The lowest BCUT2D eigenvalue weighted by atomic mass is 9.87. The van der Waals surface area contributed by atoms with Crippen LogP contribution in [0.1, 0.15) is 51.5 Å². The molecular formula is C28H32N2O6S. The lowest BCUT2D eigenvalue weighted by Crippen LogP contribution is -2.41. The number of methoxy groups -OCH3 is 1. The van der Waals surface area contributed by atoms with Crippen molar-refractivity contribution in [3.05, 3.63) is 76.4 Å². The van der Waals surface area contributed by atoms with Gasteiger partial charge in [0.15, 0.2) is 0 Å². The predicted molar refractivity (Wildman–Crippen MR) is 143 cm³/mol. The second-order valence-corrected chi connectivity index (χ2v) is 12.3. The molecule has 5 rings (SSSR count). The number of hydrogen-bond acceptors (Lipinski definition) is 6. The molecule has 2 heterocycles. The highest BCUT2D eigenvalue weighted by Crippen LogP contribution is 2.42. The third-order valence-electron chi connectivity index (χ3n) is 7.84. The van der Waals surface area contributed by atoms with E-state index >= 15 is 0 Å². The number of nitrogens with zero attached hydrogens (tertiary/aromatic N) is 1. The maximum Gasteiger partial charge on any atom is 0.273 e. The summed E-state index contributed by atoms with van der Waals surface area (Å²) in [4.78, 5) is 15.0. The Balaban J connectivity index is 1.46. The summed E-state index contributed by atoms with van der Waals surface area (Å²) in [5, 5.41) is 10.8. The molecule has 196 valence electrons. The molecule has 1 atom stereocenters. The average molecular weight is 525 g/mol. The van der Waals surface area contributed by atoms with Crippen molar-refractivity contribution < 1.29 is 23.0 Å². The van der Waals surface area contributed by atoms with Gasteiger partial charge in [-0.1, -0.05) is 12.2 Å². The Hall–Kier alpha value is -3.30. The smallest absolute Gasteiger partial charge is 0.273 e. The summed E-state index contributed by atoms with van der Waals surface area (Å²) in [6, 6.07) is 8.33. The van der Waals surface area contributed by atoms with E-state index in [1.165, 1.54) is 12.4 Å². The third kappa shape index (κ3) is 4.40. The molecular weight excluding hydrogens is 492 g/mol. The van der Waals surface area contributed by atoms with Crippen molar-refractivity contribution in [2.75, 3.05) is 7.11 Å². The number of rotatable bonds is 6. The van der Waals surface area contributed by atoms with Crippen LogP contribution in [0.2, 0.25) is 0 Å². The van der Waals surface area contributed by atoms with Crippen LogP contribution in [-0.2, 0) is 14.8 Å². The van der Waals surface area contributed by atoms with Crippen LogP contribution >= 0.6 is 0 Å². The number of benzene rings is 1. The number of ether oxygens (including phenoxy) is 2. The van der Waals surface area contributed by atoms with Gasteiger partial charge in [0, 0.05) is 30.5 Å². The fraction of sp³-hybridized carbons (Fsp3) is 0.393. The van der Waals surface area contributed by atoms with Gasteiger partial charge in [-0.05, 0) is 87.4 Å². The topological polar surface area (TPSA) is 111 Å². The standard InChI is InChI=1S/C28H32N2O6S/c1-18-16-20(24-17-21(31)4-9-25(24)36-23-7-5-22(35-3)6-8-23)10-13-28(18,2)37(33,34)30-15-12-19-11-14-29-27(32)26(19)30/h4,9-12,14-17,22-23,31H,5-8,13H2,1-3H3,(H,29,32). The number of pyridine rings is 1. The van der Waals surface area contributed by atoms with E-state index in [2.05, 4.69) is 4.98 Å². The zero-order valence-electron chi connectivity index (χ0n) is 21.2. The van der Waals surface area contributed by atoms with Gasteiger partial charge >= 0.3 is 0 Å². The number of aromatic nitrogens is 2. The number of aromatic amines is 1. The van der Waals surface area contributed by atoms with Gasteiger partial charge in [0.05, 0.1) is 12.2 Å². The van der Waals surface area contributed by atoms with E-state index in [1.807, 2.05) is 12.2 Å². The molecule has 0 radical (unpaired) electrons. The quantitative estimate of drug-likeness (QED) is 0.482. The van der Waals surface area contributed by atoms with E-state index in [1.54, 1.807) is 51.3 Å². The molecule has 3 aromatic rings. The second kappa shape index (κ2) is 9.54. The van der Waals surface area contributed by atoms with Crippen LogP contribution in [0, 0.1) is 0 Å². The zero-order chi connectivity index (χ0) is 26.4. The maximum absolute atomic E-state index is 13.9. The summed E-state index contributed by atoms with van der Waals surface area (Å²) < 4.78 is 39.4. The number of phenols is 1. The molecule has 0 saturated heterocycles. The summed E-state index contributed by atoms with van der Waals surface area (Å²) in [6.07, 6.45) is 10.8. The monoisotopic (exact) mass is 524 g/mol. The van der Waals surface area contributed by atoms with Gasteiger partial charge in [-0.15, -0.1) is 0 Å². The summed E-state index contributed by atoms with van der Waals surface area (Å²) in [5.41, 5.74) is 1.80. The van der Waals surface area contributed by atoms with Gasteiger partial charge in [-0.2, -0.15) is 0 Å². The largest absolute Gasteiger partial charge is 0.508 e. The van der Waals surface area contributed by atoms with Crippen molar-refractivity contribution in [3.8, 4) is 11.5 Å². The van der Waals surface area contributed by atoms with Crippen LogP contribution < -0.4 is 10.3 Å². The highest BCUT2D eigenvalue weighted by molar-refractivity contribution is 7.91. The van der Waals surface area contributed by atoms with E-state index in [0.717, 1.165) is 40.8 Å². The van der Waals surface area contributed by atoms with Crippen molar-refractivity contribution in [2.24, 2.45) is 0 Å². The summed E-state index contributed by atoms with van der Waals surface area (Å²) >= 11 is 0. The molecule has 2 aliphatic carbocycles. The van der Waals surface area contributed by atoms with E-state index in [4.69, 9.17) is 9.47 Å². The van der Waals surface area contributed by atoms with Crippen molar-refractivity contribution >= 4 is 26.5 Å². The summed E-state index contributed by atoms with van der Waals surface area (Å²) in [5.74, 6) is 0.764. The molecule has 9 heteroatoms. The fourth-order valence-corrected chi connectivity index (χ4v) is 7.15. The molecule has 0 amide bonds. The van der Waals surface area contributed by atoms with Gasteiger partial charge in [-0.3, -0.25) is 4.79 Å². The third-order valence-corrected chi connectivity index (χ3v) is 10.3. The number of allylic oxidation sites excluding steroid dienone is 3. The number of H-pyrrole nitrogens is 1. The maximum atomic E-state index is 13.9. The zero-order valence-corrected chi connectivity index (χ0v) is 22.0. The van der Waals surface area contributed by atoms with Crippen molar-refractivity contribution in [1.29, 1.82) is 0 Å². The molecule has 0 spiro atoms. The first-order valence-electron chi connectivity index (χ1n) is 12.5. The van der Waals surface area contributed by atoms with Crippen LogP contribution in [0.3, 0.4) is 0 Å². The van der Waals surface area contributed by atoms with E-state index in [0.29, 0.717) is 16.7 Å². The van der Waals surface area contributed by atoms with Crippen LogP contribution in [0.15, 0.2) is 65.2 Å². The highest BCUT2D eigenvalue weighted by Gasteiger charge is 2.43. The van der Waals surface area contributed by atoms with Crippen molar-refractivity contribution in [3.63, 3.8) is 0 Å². The first kappa shape index (κ1) is 25.4. The number of phenolic OH excluding ortho intramolecular Hbond substituents is 1. The lowest BCUT2D eigenvalue weighted by molar-refractivity contribution is 0.0327. The fourth-order valence-electron chi connectivity index (χ4n) is 5.31. The Morgan fingerprint density at radius 3 is 2.54 bits per heavy atom. The first-order chi connectivity index (χ1) is 17.6. The van der Waals surface area contributed by atoms with E-state index in [-0.39, 0.29) is 29.9 Å². The Morgan fingerprint density at radius 2 is 1.84 bits per heavy atom. The van der Waals surface area contributed by atoms with Crippen LogP contribution in [-0.4, -0.2) is 46.5 Å². The molecule has 1 fully saturated rings. The molecule has 1 aromatic carbocycles. The average Bonchev–Trinajstić information content (AvgIpc) is 3.34. The van der Waals surface area contributed by atoms with Gasteiger partial charge in [0.1, 0.15) is 21.8 Å². The molecule has 8 nitrogen and oxygen atoms in total. The Bertz CT molecular complexity index is 1560. The molecule has 0 bridgehead atoms. The van der Waals surface area contributed by atoms with E-state index < -0.39 is 20.3 Å². The first-order valence-corrected chi connectivity index (χ1v) is 13.9. The number of nitrogens with one attached hydrogen (secondary N) is 1. The molecule has 0 aliphatic heterocycles. The highest BCUT2D eigenvalue weighted by atomic mass is 32.2. The predicted octanol–water partition coefficient (Wildman–Crippen LogP) is 4.74. The SMILES string of the molecule is COC1CCC(Oc2ccc(O)cc2C2=CCC(C)(S(=O)(=O)n3ccc4cc[nH]c(=O)c43)C(C)=C2)CC1. The molecule has 1 unspecified atom stereocenters. The van der Waals surface area contributed by atoms with Crippen molar-refractivity contribution in [2.45, 2.75) is 62.9 Å². The van der Waals surface area contributed by atoms with Crippen LogP contribution in [0.25, 0.3) is 16.5 Å². The van der Waals surface area contributed by atoms with Crippen LogP contribution in [0.5, 0.6) is 11.5 Å². The normalized spacial score (nSPS) is 24.5. The molecule has 2 N–H and O–H groups in total. The minimum Gasteiger partial charge on any atom is -0.508 e. The Labute approximate surface area is 216 Å². The Kier molecular flexibility index (Phi) is 6.53. The number of aromatic hydroxyl groups is 1. The minimum atomic E-state index is -3.98. The number of fused-ring (bicyclic) bond motifs is 1. The second-order valence-electron chi connectivity index (χ2n) is 10.1. The van der Waals surface area contributed by atoms with Gasteiger partial charge in [-0.25, -0.2) is 12.4 Å². The number of hydrogen-bond donors (Lipinski definition) is 2. The Morgan fingerprint density at radius 1 is 1.11 bits per heavy atom. The summed E-state index contributed by atoms with van der Waals surface area (Å²) in [7, 11) is -2.24. The van der Waals surface area contributed by atoms with E-state index in [9.17, 15) is 18.3 Å². The molecule has 2 aliphatic rings. The molecule has 1 saturated carbocycles. The molecule has 2 aromatic heterocycles. The summed E-state index contributed by atoms with van der Waals surface area (Å²) in [6.45, 7) is 3.47. The van der Waals surface area contributed by atoms with Crippen molar-refractivity contribution in [1.82, 2.24) is 8.96 Å². The van der Waals surface area contributed by atoms with Gasteiger partial charge in [0.2, 0.25) is 10.0 Å². The van der Waals surface area contributed by atoms with Gasteiger partial charge < -0.3 is 19.6 Å². The van der Waals surface area contributed by atoms with Crippen LogP contribution in [0.4, 0.5) is 0 Å². The lowest BCUT2D eigenvalue weighted by Gasteiger charge is -2.33. The minimum absolute atomic E-state index is 0.0507. The van der Waals surface area contributed by atoms with Gasteiger partial charge in [0.25, 0.3) is 5.56 Å². The molecule has 37 heavy (non-hydrogen) atoms.